The molecule has 0 aliphatic heterocycles. The summed E-state index contributed by atoms with van der Waals surface area (Å²) in [6, 6.07) is 0. The molecular formula is C12H22O4Ta. The van der Waals surface area contributed by atoms with Gasteiger partial charge >= 0.3 is 22.4 Å². The van der Waals surface area contributed by atoms with Gasteiger partial charge in [-0.25, -0.2) is 0 Å². The molecule has 17 heavy (non-hydrogen) atoms. The molecule has 0 N–H and O–H groups in total. The quantitative estimate of drug-likeness (QED) is 0.549. The Bertz CT molecular complexity index is 163. The number of unbranched alkanes of at least 4 members (excludes halogenated alkanes) is 4. The molecule has 0 spiro atoms. The van der Waals surface area contributed by atoms with E-state index in [-0.39, 0.29) is 35.2 Å². The fourth-order valence-electron chi connectivity index (χ4n) is 1.04. The summed E-state index contributed by atoms with van der Waals surface area (Å²) in [6.07, 6.45) is 6.07. The Morgan fingerprint density at radius 3 is 1.24 bits per heavy atom. The van der Waals surface area contributed by atoms with E-state index in [4.69, 9.17) is 0 Å². The van der Waals surface area contributed by atoms with Gasteiger partial charge in [-0.3, -0.25) is 0 Å². The third-order valence-corrected chi connectivity index (χ3v) is 1.97. The number of aliphatic carboxylic acids is 2. The van der Waals surface area contributed by atoms with Crippen molar-refractivity contribution >= 4 is 11.9 Å². The van der Waals surface area contributed by atoms with Gasteiger partial charge in [0.25, 0.3) is 0 Å². The minimum atomic E-state index is -0.932. The average Bonchev–Trinajstić information content (AvgIpc) is 2.18. The maximum atomic E-state index is 9.76. The Labute approximate surface area is 119 Å². The summed E-state index contributed by atoms with van der Waals surface area (Å²) in [5, 5.41) is 19.5. The van der Waals surface area contributed by atoms with Crippen LogP contribution in [0.15, 0.2) is 0 Å². The van der Waals surface area contributed by atoms with Gasteiger partial charge in [-0.05, 0) is 25.7 Å². The Kier molecular flexibility index (Phi) is 23.3. The summed E-state index contributed by atoms with van der Waals surface area (Å²) in [5.74, 6) is -1.86. The number of hydrogen-bond acceptors (Lipinski definition) is 4. The number of rotatable bonds is 8. The first-order valence-electron chi connectivity index (χ1n) is 5.94. The zero-order valence-electron chi connectivity index (χ0n) is 10.7. The van der Waals surface area contributed by atoms with Crippen LogP contribution in [0.3, 0.4) is 0 Å². The summed E-state index contributed by atoms with van der Waals surface area (Å²) in [5.41, 5.74) is 0. The number of carbonyl (C=O) groups excluding carboxylic acids is 2. The first-order chi connectivity index (χ1) is 7.54. The third-order valence-electron chi connectivity index (χ3n) is 1.97. The fourth-order valence-corrected chi connectivity index (χ4v) is 1.04. The predicted molar refractivity (Wildman–Crippen MR) is 58.3 cm³/mol. The second-order valence-corrected chi connectivity index (χ2v) is 3.66. The topological polar surface area (TPSA) is 80.3 Å². The largest absolute Gasteiger partial charge is 2.00 e. The van der Waals surface area contributed by atoms with Crippen molar-refractivity contribution < 1.29 is 42.2 Å². The van der Waals surface area contributed by atoms with Crippen molar-refractivity contribution in [2.45, 2.75) is 65.2 Å². The maximum absolute atomic E-state index is 9.76. The molecule has 0 aliphatic rings. The zero-order valence-corrected chi connectivity index (χ0v) is 14.0. The average molecular weight is 411 g/mol. The van der Waals surface area contributed by atoms with Crippen molar-refractivity contribution in [3.63, 3.8) is 0 Å². The molecule has 99 valence electrons. The van der Waals surface area contributed by atoms with Crippen LogP contribution in [0.5, 0.6) is 0 Å². The molecule has 4 nitrogen and oxygen atoms in total. The van der Waals surface area contributed by atoms with E-state index in [1.54, 1.807) is 0 Å². The summed E-state index contributed by atoms with van der Waals surface area (Å²) in [7, 11) is 0. The molecule has 0 aromatic heterocycles. The molecule has 0 fully saturated rings. The molecule has 0 aliphatic carbocycles. The van der Waals surface area contributed by atoms with E-state index in [9.17, 15) is 19.8 Å². The van der Waals surface area contributed by atoms with Crippen LogP contribution in [0.25, 0.3) is 0 Å². The number of hydrogen-bond donors (Lipinski definition) is 0. The Morgan fingerprint density at radius 2 is 1.06 bits per heavy atom. The van der Waals surface area contributed by atoms with Crippen LogP contribution in [0.1, 0.15) is 65.2 Å². The molecule has 0 atom stereocenters. The van der Waals surface area contributed by atoms with Crippen LogP contribution in [-0.2, 0) is 32.0 Å². The van der Waals surface area contributed by atoms with Crippen LogP contribution in [0.2, 0.25) is 0 Å². The van der Waals surface area contributed by atoms with Gasteiger partial charge in [-0.15, -0.1) is 0 Å². The van der Waals surface area contributed by atoms with Gasteiger partial charge in [0.15, 0.2) is 0 Å². The van der Waals surface area contributed by atoms with E-state index < -0.39 is 11.9 Å². The zero-order chi connectivity index (χ0) is 12.8. The van der Waals surface area contributed by atoms with E-state index in [1.807, 2.05) is 13.8 Å². The maximum Gasteiger partial charge on any atom is 2.00 e. The smallest absolute Gasteiger partial charge is 0.550 e. The molecule has 0 rings (SSSR count). The van der Waals surface area contributed by atoms with Gasteiger partial charge in [0.2, 0.25) is 0 Å². The summed E-state index contributed by atoms with van der Waals surface area (Å²) in [6.45, 7) is 4.07. The molecule has 5 heteroatoms. The monoisotopic (exact) mass is 411 g/mol. The van der Waals surface area contributed by atoms with Gasteiger partial charge in [-0.1, -0.05) is 39.5 Å². The number of carbonyl (C=O) groups is 2. The molecular weight excluding hydrogens is 389 g/mol. The van der Waals surface area contributed by atoms with Gasteiger partial charge in [0, 0.05) is 11.9 Å². The van der Waals surface area contributed by atoms with Crippen molar-refractivity contribution in [1.29, 1.82) is 0 Å². The SMILES string of the molecule is CCCCCC(=O)[O-].CCCCCC(=O)[O-].[Ta+2]. The molecule has 0 amide bonds. The van der Waals surface area contributed by atoms with Gasteiger partial charge in [-0.2, -0.15) is 0 Å². The first-order valence-corrected chi connectivity index (χ1v) is 5.94. The summed E-state index contributed by atoms with van der Waals surface area (Å²) in [4.78, 5) is 19.5. The van der Waals surface area contributed by atoms with E-state index in [0.29, 0.717) is 0 Å². The van der Waals surface area contributed by atoms with Crippen LogP contribution in [0, 0.1) is 0 Å². The molecule has 0 bridgehead atoms. The minimum absolute atomic E-state index is 0. The first kappa shape index (κ1) is 21.9. The number of carboxylic acid groups (broad SMARTS) is 2. The van der Waals surface area contributed by atoms with Crippen LogP contribution >= 0.6 is 0 Å². The second-order valence-electron chi connectivity index (χ2n) is 3.66. The van der Waals surface area contributed by atoms with Crippen LogP contribution in [-0.4, -0.2) is 11.9 Å². The molecule has 0 aromatic carbocycles. The van der Waals surface area contributed by atoms with Gasteiger partial charge in [0.1, 0.15) is 0 Å². The van der Waals surface area contributed by atoms with Crippen molar-refractivity contribution in [3.05, 3.63) is 0 Å². The molecule has 0 saturated carbocycles. The molecule has 0 unspecified atom stereocenters. The van der Waals surface area contributed by atoms with Crippen molar-refractivity contribution in [2.24, 2.45) is 0 Å². The predicted octanol–water partition coefficient (Wildman–Crippen LogP) is 0.631. The van der Waals surface area contributed by atoms with Crippen molar-refractivity contribution in [2.75, 3.05) is 0 Å². The minimum Gasteiger partial charge on any atom is -0.550 e. The molecule has 0 heterocycles. The Balaban J connectivity index is -0.000000218. The molecule has 0 aromatic rings. The second kappa shape index (κ2) is 18.1. The van der Waals surface area contributed by atoms with E-state index >= 15 is 0 Å². The van der Waals surface area contributed by atoms with Gasteiger partial charge in [0.05, 0.1) is 0 Å². The normalized spacial score (nSPS) is 8.59. The fraction of sp³-hybridized carbons (Fsp3) is 0.833. The Morgan fingerprint density at radius 1 is 0.765 bits per heavy atom. The summed E-state index contributed by atoms with van der Waals surface area (Å²) < 4.78 is 0. The van der Waals surface area contributed by atoms with Crippen LogP contribution in [0.4, 0.5) is 0 Å². The van der Waals surface area contributed by atoms with Gasteiger partial charge < -0.3 is 19.8 Å². The molecule has 0 saturated heterocycles. The standard InChI is InChI=1S/2C6H12O2.Ta/c2*1-2-3-4-5-6(7)8;/h2*2-5H2,1H3,(H,7,8);/q;;+2/p-2. The molecule has 1 radical (unpaired) electrons. The van der Waals surface area contributed by atoms with E-state index in [0.717, 1.165) is 38.5 Å². The number of carboxylic acids is 2. The Hall–Kier alpha value is -0.320. The third kappa shape index (κ3) is 31.3. The van der Waals surface area contributed by atoms with Crippen molar-refractivity contribution in [1.82, 2.24) is 0 Å². The van der Waals surface area contributed by atoms with Crippen LogP contribution < -0.4 is 10.2 Å². The van der Waals surface area contributed by atoms with E-state index in [2.05, 4.69) is 0 Å². The summed E-state index contributed by atoms with van der Waals surface area (Å²) >= 11 is 0. The van der Waals surface area contributed by atoms with Crippen molar-refractivity contribution in [3.8, 4) is 0 Å². The van der Waals surface area contributed by atoms with E-state index in [1.165, 1.54) is 0 Å².